The minimum atomic E-state index is -3.25. The standard InChI is InChI=1S/C12H17IN2O3S2/c1-20(17,18)15-10-5-3-2-4-9(10)14-12(16)8-6-11(13)19-7-8/h6-7,9-10,15H,2-5H2,1H3,(H,14,16)/t9-,10-/m0/s1. The molecule has 20 heavy (non-hydrogen) atoms. The molecule has 2 rings (SSSR count). The molecule has 0 unspecified atom stereocenters. The highest BCUT2D eigenvalue weighted by Crippen LogP contribution is 2.21. The summed E-state index contributed by atoms with van der Waals surface area (Å²) in [5.74, 6) is -0.128. The van der Waals surface area contributed by atoms with Crippen molar-refractivity contribution in [1.82, 2.24) is 10.0 Å². The molecule has 0 bridgehead atoms. The van der Waals surface area contributed by atoms with Crippen LogP contribution in [-0.4, -0.2) is 32.7 Å². The Balaban J connectivity index is 2.03. The first kappa shape index (κ1) is 16.2. The Kier molecular flexibility index (Phi) is 5.43. The van der Waals surface area contributed by atoms with E-state index in [1.807, 2.05) is 11.4 Å². The molecule has 1 aliphatic rings. The summed E-state index contributed by atoms with van der Waals surface area (Å²) in [6, 6.07) is 1.49. The van der Waals surface area contributed by atoms with E-state index >= 15 is 0 Å². The van der Waals surface area contributed by atoms with E-state index in [0.29, 0.717) is 5.56 Å². The third-order valence-electron chi connectivity index (χ3n) is 3.28. The molecule has 1 aromatic rings. The van der Waals surface area contributed by atoms with Gasteiger partial charge in [-0.05, 0) is 41.5 Å². The van der Waals surface area contributed by atoms with E-state index in [0.717, 1.165) is 34.8 Å². The summed E-state index contributed by atoms with van der Waals surface area (Å²) in [6.07, 6.45) is 4.71. The Morgan fingerprint density at radius 3 is 2.55 bits per heavy atom. The van der Waals surface area contributed by atoms with Gasteiger partial charge in [0.25, 0.3) is 5.91 Å². The lowest BCUT2D eigenvalue weighted by molar-refractivity contribution is 0.0919. The number of hydrogen-bond acceptors (Lipinski definition) is 4. The number of rotatable bonds is 4. The molecule has 2 atom stereocenters. The normalized spacial score (nSPS) is 23.5. The van der Waals surface area contributed by atoms with Crippen LogP contribution in [0.2, 0.25) is 0 Å². The molecule has 1 aromatic heterocycles. The van der Waals surface area contributed by atoms with Crippen molar-refractivity contribution in [3.05, 3.63) is 19.9 Å². The number of hydrogen-bond donors (Lipinski definition) is 2. The van der Waals surface area contributed by atoms with Gasteiger partial charge in [0.1, 0.15) is 0 Å². The molecule has 2 N–H and O–H groups in total. The molecule has 1 heterocycles. The molecule has 0 aliphatic heterocycles. The van der Waals surface area contributed by atoms with Crippen molar-refractivity contribution in [2.75, 3.05) is 6.26 Å². The molecular weight excluding hydrogens is 411 g/mol. The summed E-state index contributed by atoms with van der Waals surface area (Å²) in [4.78, 5) is 12.2. The van der Waals surface area contributed by atoms with Gasteiger partial charge in [0.05, 0.1) is 14.7 Å². The fourth-order valence-corrected chi connectivity index (χ4v) is 4.56. The van der Waals surface area contributed by atoms with Crippen molar-refractivity contribution >= 4 is 49.9 Å². The Bertz CT molecular complexity index is 585. The number of thiophene rings is 1. The van der Waals surface area contributed by atoms with Gasteiger partial charge in [0.15, 0.2) is 0 Å². The van der Waals surface area contributed by atoms with Gasteiger partial charge in [-0.3, -0.25) is 4.79 Å². The Hall–Kier alpha value is -0.190. The van der Waals surface area contributed by atoms with Crippen LogP contribution in [0, 0.1) is 2.88 Å². The molecule has 8 heteroatoms. The molecule has 1 amide bonds. The number of carbonyl (C=O) groups excluding carboxylic acids is 1. The first-order chi connectivity index (χ1) is 9.35. The molecule has 1 saturated carbocycles. The highest BCUT2D eigenvalue weighted by Gasteiger charge is 2.28. The number of halogens is 1. The molecular formula is C12H17IN2O3S2. The molecule has 0 radical (unpaired) electrons. The van der Waals surface area contributed by atoms with Crippen LogP contribution in [0.1, 0.15) is 36.0 Å². The van der Waals surface area contributed by atoms with Crippen molar-refractivity contribution in [1.29, 1.82) is 0 Å². The quantitative estimate of drug-likeness (QED) is 0.720. The third-order valence-corrected chi connectivity index (χ3v) is 5.80. The highest BCUT2D eigenvalue weighted by atomic mass is 127. The van der Waals surface area contributed by atoms with E-state index in [-0.39, 0.29) is 18.0 Å². The molecule has 5 nitrogen and oxygen atoms in total. The van der Waals surface area contributed by atoms with Crippen molar-refractivity contribution < 1.29 is 13.2 Å². The SMILES string of the molecule is CS(=O)(=O)N[C@H]1CCCC[C@@H]1NC(=O)c1csc(I)c1. The lowest BCUT2D eigenvalue weighted by atomic mass is 9.91. The van der Waals surface area contributed by atoms with Gasteiger partial charge < -0.3 is 5.32 Å². The van der Waals surface area contributed by atoms with Gasteiger partial charge >= 0.3 is 0 Å². The van der Waals surface area contributed by atoms with Gasteiger partial charge in [0.2, 0.25) is 10.0 Å². The zero-order valence-corrected chi connectivity index (χ0v) is 14.8. The molecule has 0 saturated heterocycles. The first-order valence-electron chi connectivity index (χ1n) is 6.37. The fourth-order valence-electron chi connectivity index (χ4n) is 2.40. The van der Waals surface area contributed by atoms with E-state index in [1.165, 1.54) is 11.3 Å². The van der Waals surface area contributed by atoms with Crippen LogP contribution < -0.4 is 10.0 Å². The van der Waals surface area contributed by atoms with Gasteiger partial charge in [0, 0.05) is 17.5 Å². The topological polar surface area (TPSA) is 75.3 Å². The van der Waals surface area contributed by atoms with E-state index < -0.39 is 10.0 Å². The van der Waals surface area contributed by atoms with Gasteiger partial charge in [-0.15, -0.1) is 11.3 Å². The Labute approximate surface area is 136 Å². The van der Waals surface area contributed by atoms with Gasteiger partial charge in [-0.25, -0.2) is 13.1 Å². The number of nitrogens with one attached hydrogen (secondary N) is 2. The average Bonchev–Trinajstić information content (AvgIpc) is 2.77. The van der Waals surface area contributed by atoms with E-state index in [4.69, 9.17) is 0 Å². The van der Waals surface area contributed by atoms with E-state index in [2.05, 4.69) is 32.6 Å². The van der Waals surface area contributed by atoms with E-state index in [1.54, 1.807) is 0 Å². The molecule has 1 fully saturated rings. The smallest absolute Gasteiger partial charge is 0.252 e. The molecule has 112 valence electrons. The molecule has 0 spiro atoms. The summed E-state index contributed by atoms with van der Waals surface area (Å²) >= 11 is 3.69. The second-order valence-corrected chi connectivity index (χ2v) is 9.59. The van der Waals surface area contributed by atoms with Crippen molar-refractivity contribution in [3.8, 4) is 0 Å². The lowest BCUT2D eigenvalue weighted by Crippen LogP contribution is -2.52. The van der Waals surface area contributed by atoms with Crippen LogP contribution in [0.25, 0.3) is 0 Å². The van der Waals surface area contributed by atoms with Crippen molar-refractivity contribution in [2.24, 2.45) is 0 Å². The van der Waals surface area contributed by atoms with Crippen LogP contribution in [0.4, 0.5) is 0 Å². The van der Waals surface area contributed by atoms with Crippen LogP contribution in [0.15, 0.2) is 11.4 Å². The number of sulfonamides is 1. The van der Waals surface area contributed by atoms with Crippen LogP contribution in [0.3, 0.4) is 0 Å². The fraction of sp³-hybridized carbons (Fsp3) is 0.583. The van der Waals surface area contributed by atoms with Gasteiger partial charge in [-0.1, -0.05) is 12.8 Å². The molecule has 1 aliphatic carbocycles. The maximum absolute atomic E-state index is 12.2. The second-order valence-electron chi connectivity index (χ2n) is 5.00. The zero-order valence-electron chi connectivity index (χ0n) is 11.1. The number of amides is 1. The number of carbonyl (C=O) groups is 1. The largest absolute Gasteiger partial charge is 0.348 e. The second kappa shape index (κ2) is 6.71. The third kappa shape index (κ3) is 4.68. The highest BCUT2D eigenvalue weighted by molar-refractivity contribution is 14.1. The Morgan fingerprint density at radius 1 is 1.35 bits per heavy atom. The first-order valence-corrected chi connectivity index (χ1v) is 10.2. The minimum absolute atomic E-state index is 0.128. The minimum Gasteiger partial charge on any atom is -0.348 e. The average molecular weight is 428 g/mol. The van der Waals surface area contributed by atoms with Crippen LogP contribution in [0.5, 0.6) is 0 Å². The monoisotopic (exact) mass is 428 g/mol. The summed E-state index contributed by atoms with van der Waals surface area (Å²) < 4.78 is 26.4. The maximum Gasteiger partial charge on any atom is 0.252 e. The summed E-state index contributed by atoms with van der Waals surface area (Å²) in [5, 5.41) is 4.78. The summed E-state index contributed by atoms with van der Waals surface area (Å²) in [5.41, 5.74) is 0.642. The summed E-state index contributed by atoms with van der Waals surface area (Å²) in [6.45, 7) is 0. The van der Waals surface area contributed by atoms with Crippen molar-refractivity contribution in [3.63, 3.8) is 0 Å². The zero-order chi connectivity index (χ0) is 14.8. The summed E-state index contributed by atoms with van der Waals surface area (Å²) in [7, 11) is -3.25. The van der Waals surface area contributed by atoms with Crippen LogP contribution >= 0.6 is 33.9 Å². The van der Waals surface area contributed by atoms with Gasteiger partial charge in [-0.2, -0.15) is 0 Å². The van der Waals surface area contributed by atoms with Crippen molar-refractivity contribution in [2.45, 2.75) is 37.8 Å². The maximum atomic E-state index is 12.2. The van der Waals surface area contributed by atoms with E-state index in [9.17, 15) is 13.2 Å². The predicted molar refractivity (Wildman–Crippen MR) is 88.5 cm³/mol. The Morgan fingerprint density at radius 2 is 2.00 bits per heavy atom. The van der Waals surface area contributed by atoms with Crippen LogP contribution in [-0.2, 0) is 10.0 Å². The molecule has 0 aromatic carbocycles. The lowest BCUT2D eigenvalue weighted by Gasteiger charge is -2.32. The predicted octanol–water partition coefficient (Wildman–Crippen LogP) is 1.94.